The van der Waals surface area contributed by atoms with Crippen LogP contribution in [0.25, 0.3) is 0 Å². The standard InChI is InChI=1S/C23H32ClO2P/c1-14-9-10-16-17-12-15(2)13-19(22(3,4)5)20(17)25-27(24)26-21(18(16)11-14)23(6,7)8/h11-13,20H,9-10H2,1-8H3/b17-16-,21-18?. The molecule has 0 bridgehead atoms. The highest BCUT2D eigenvalue weighted by Crippen LogP contribution is 2.57. The van der Waals surface area contributed by atoms with Gasteiger partial charge < -0.3 is 4.52 Å². The van der Waals surface area contributed by atoms with Crippen molar-refractivity contribution in [1.29, 1.82) is 0 Å². The van der Waals surface area contributed by atoms with Crippen molar-refractivity contribution in [1.82, 2.24) is 0 Å². The maximum absolute atomic E-state index is 6.63. The molecule has 0 aromatic heterocycles. The second-order valence-corrected chi connectivity index (χ2v) is 11.6. The second-order valence-electron chi connectivity index (χ2n) is 9.94. The van der Waals surface area contributed by atoms with Crippen molar-refractivity contribution in [2.24, 2.45) is 10.8 Å². The molecule has 0 saturated carbocycles. The Morgan fingerprint density at radius 1 is 0.963 bits per heavy atom. The fraction of sp³-hybridized carbons (Fsp3) is 0.565. The van der Waals surface area contributed by atoms with Gasteiger partial charge in [0.1, 0.15) is 11.9 Å². The van der Waals surface area contributed by atoms with Gasteiger partial charge in [0.05, 0.1) is 0 Å². The molecule has 0 aromatic carbocycles. The van der Waals surface area contributed by atoms with Gasteiger partial charge >= 0.3 is 7.73 Å². The Morgan fingerprint density at radius 3 is 2.22 bits per heavy atom. The lowest BCUT2D eigenvalue weighted by molar-refractivity contribution is 0.213. The normalized spacial score (nSPS) is 29.6. The van der Waals surface area contributed by atoms with Crippen LogP contribution in [0.2, 0.25) is 0 Å². The van der Waals surface area contributed by atoms with E-state index in [1.165, 1.54) is 33.4 Å². The number of fused-ring (bicyclic) bond motifs is 2. The van der Waals surface area contributed by atoms with Crippen LogP contribution >= 0.6 is 19.0 Å². The number of rotatable bonds is 0. The van der Waals surface area contributed by atoms with E-state index in [0.717, 1.165) is 18.6 Å². The Labute approximate surface area is 170 Å². The maximum Gasteiger partial charge on any atom is 0.339 e. The molecule has 4 heteroatoms. The number of halogens is 1. The molecule has 27 heavy (non-hydrogen) atoms. The van der Waals surface area contributed by atoms with Gasteiger partial charge in [0.25, 0.3) is 0 Å². The Hall–Kier alpha value is -0.820. The van der Waals surface area contributed by atoms with E-state index in [1.807, 2.05) is 0 Å². The van der Waals surface area contributed by atoms with Gasteiger partial charge in [0.2, 0.25) is 0 Å². The Balaban J connectivity index is 2.31. The maximum atomic E-state index is 6.63. The number of hydrogen-bond donors (Lipinski definition) is 0. The number of allylic oxidation sites excluding steroid dienone is 7. The molecule has 1 heterocycles. The first kappa shape index (κ1) is 20.9. The average Bonchev–Trinajstić information content (AvgIpc) is 2.50. The summed E-state index contributed by atoms with van der Waals surface area (Å²) < 4.78 is 12.6. The van der Waals surface area contributed by atoms with E-state index in [0.29, 0.717) is 0 Å². The van der Waals surface area contributed by atoms with Crippen molar-refractivity contribution in [2.75, 3.05) is 0 Å². The van der Waals surface area contributed by atoms with E-state index in [1.54, 1.807) is 0 Å². The molecule has 2 aliphatic carbocycles. The Kier molecular flexibility index (Phi) is 5.58. The lowest BCUT2D eigenvalue weighted by Gasteiger charge is -2.39. The fourth-order valence-corrected chi connectivity index (χ4v) is 5.35. The molecule has 0 fully saturated rings. The highest BCUT2D eigenvalue weighted by atomic mass is 35.7. The zero-order valence-corrected chi connectivity index (χ0v) is 19.5. The molecular formula is C23H32ClO2P. The Bertz CT molecular complexity index is 797. The van der Waals surface area contributed by atoms with Crippen LogP contribution in [-0.4, -0.2) is 6.10 Å². The molecule has 0 spiro atoms. The summed E-state index contributed by atoms with van der Waals surface area (Å²) >= 11 is 6.63. The van der Waals surface area contributed by atoms with E-state index >= 15 is 0 Å². The predicted molar refractivity (Wildman–Crippen MR) is 117 cm³/mol. The summed E-state index contributed by atoms with van der Waals surface area (Å²) in [6, 6.07) is 0. The first-order valence-electron chi connectivity index (χ1n) is 9.74. The molecule has 3 rings (SSSR count). The predicted octanol–water partition coefficient (Wildman–Crippen LogP) is 8.14. The summed E-state index contributed by atoms with van der Waals surface area (Å²) in [7, 11) is -1.54. The van der Waals surface area contributed by atoms with Crippen LogP contribution in [0, 0.1) is 10.8 Å². The highest BCUT2D eigenvalue weighted by Gasteiger charge is 2.39. The summed E-state index contributed by atoms with van der Waals surface area (Å²) in [5.41, 5.74) is 7.60. The molecule has 0 radical (unpaired) electrons. The molecule has 0 N–H and O–H groups in total. The van der Waals surface area contributed by atoms with Crippen molar-refractivity contribution in [2.45, 2.75) is 74.3 Å². The third kappa shape index (κ3) is 4.29. The molecule has 2 atom stereocenters. The molecule has 1 aliphatic heterocycles. The molecular weight excluding hydrogens is 375 g/mol. The van der Waals surface area contributed by atoms with Gasteiger partial charge in [-0.2, -0.15) is 0 Å². The summed E-state index contributed by atoms with van der Waals surface area (Å²) in [6.07, 6.45) is 8.79. The monoisotopic (exact) mass is 406 g/mol. The van der Waals surface area contributed by atoms with Crippen LogP contribution in [0.15, 0.2) is 57.4 Å². The van der Waals surface area contributed by atoms with Crippen LogP contribution in [0.1, 0.15) is 68.2 Å². The second kappa shape index (κ2) is 7.21. The van der Waals surface area contributed by atoms with Gasteiger partial charge in [-0.15, -0.1) is 0 Å². The molecule has 3 aliphatic rings. The summed E-state index contributed by atoms with van der Waals surface area (Å²) in [5, 5.41) is 0. The Morgan fingerprint density at radius 2 is 1.63 bits per heavy atom. The van der Waals surface area contributed by atoms with Crippen molar-refractivity contribution >= 4 is 19.0 Å². The smallest absolute Gasteiger partial charge is 0.339 e. The summed E-state index contributed by atoms with van der Waals surface area (Å²) in [5.74, 6) is 0.946. The van der Waals surface area contributed by atoms with Crippen molar-refractivity contribution in [3.05, 3.63) is 57.4 Å². The summed E-state index contributed by atoms with van der Waals surface area (Å²) in [4.78, 5) is 0. The minimum absolute atomic E-state index is 0.00455. The van der Waals surface area contributed by atoms with Crippen LogP contribution < -0.4 is 0 Å². The summed E-state index contributed by atoms with van der Waals surface area (Å²) in [6.45, 7) is 17.6. The van der Waals surface area contributed by atoms with E-state index in [-0.39, 0.29) is 16.9 Å². The van der Waals surface area contributed by atoms with Gasteiger partial charge in [-0.1, -0.05) is 70.9 Å². The number of hydrogen-bond acceptors (Lipinski definition) is 2. The third-order valence-corrected chi connectivity index (χ3v) is 6.46. The van der Waals surface area contributed by atoms with Crippen molar-refractivity contribution in [3.8, 4) is 0 Å². The highest BCUT2D eigenvalue weighted by molar-refractivity contribution is 7.76. The van der Waals surface area contributed by atoms with Crippen LogP contribution in [0.4, 0.5) is 0 Å². The lowest BCUT2D eigenvalue weighted by Crippen LogP contribution is -2.30. The minimum Gasteiger partial charge on any atom is -0.439 e. The van der Waals surface area contributed by atoms with Gasteiger partial charge in [-0.05, 0) is 60.1 Å². The van der Waals surface area contributed by atoms with Crippen LogP contribution in [0.5, 0.6) is 0 Å². The van der Waals surface area contributed by atoms with Crippen LogP contribution in [-0.2, 0) is 9.05 Å². The molecule has 0 saturated heterocycles. The van der Waals surface area contributed by atoms with Gasteiger partial charge in [-0.3, -0.25) is 4.52 Å². The zero-order chi connectivity index (χ0) is 20.1. The fourth-order valence-electron chi connectivity index (χ4n) is 3.95. The van der Waals surface area contributed by atoms with Gasteiger partial charge in [0, 0.05) is 11.0 Å². The SMILES string of the molecule is CC1=C/C2=C3\CCC(C)=CC3=C(C(C)(C)C)OP(Cl)OC2C(C(C)(C)C)=C1. The lowest BCUT2D eigenvalue weighted by atomic mass is 9.73. The average molecular weight is 407 g/mol. The van der Waals surface area contributed by atoms with Gasteiger partial charge in [-0.25, -0.2) is 0 Å². The van der Waals surface area contributed by atoms with E-state index in [2.05, 4.69) is 73.6 Å². The first-order chi connectivity index (χ1) is 12.4. The third-order valence-electron chi connectivity index (χ3n) is 5.31. The molecule has 0 amide bonds. The van der Waals surface area contributed by atoms with E-state index in [9.17, 15) is 0 Å². The minimum atomic E-state index is -1.54. The van der Waals surface area contributed by atoms with Gasteiger partial charge in [0.15, 0.2) is 0 Å². The van der Waals surface area contributed by atoms with E-state index < -0.39 is 7.73 Å². The largest absolute Gasteiger partial charge is 0.439 e. The molecule has 2 nitrogen and oxygen atoms in total. The zero-order valence-electron chi connectivity index (χ0n) is 17.9. The molecule has 2 unspecified atom stereocenters. The van der Waals surface area contributed by atoms with Crippen LogP contribution in [0.3, 0.4) is 0 Å². The first-order valence-corrected chi connectivity index (χ1v) is 11.8. The quantitative estimate of drug-likeness (QED) is 0.378. The van der Waals surface area contributed by atoms with Crippen molar-refractivity contribution < 1.29 is 9.05 Å². The topological polar surface area (TPSA) is 18.5 Å². The van der Waals surface area contributed by atoms with Crippen molar-refractivity contribution in [3.63, 3.8) is 0 Å². The molecule has 0 aromatic rings. The van der Waals surface area contributed by atoms with E-state index in [4.69, 9.17) is 20.3 Å². The molecule has 148 valence electrons.